The third-order valence-electron chi connectivity index (χ3n) is 2.55. The van der Waals surface area contributed by atoms with E-state index >= 15 is 0 Å². The molecular formula is C11H12ClNO2S. The quantitative estimate of drug-likeness (QED) is 0.903. The van der Waals surface area contributed by atoms with Crippen molar-refractivity contribution in [3.8, 4) is 0 Å². The SMILES string of the molecule is NCCCC1=Cc2cc(Cl)ccc2S1(=O)=O. The molecule has 0 unspecified atom stereocenters. The molecule has 0 fully saturated rings. The second-order valence-corrected chi connectivity index (χ2v) is 6.10. The number of allylic oxidation sites excluding steroid dienone is 1. The van der Waals surface area contributed by atoms with Gasteiger partial charge in [0.1, 0.15) is 0 Å². The summed E-state index contributed by atoms with van der Waals surface area (Å²) in [6.07, 6.45) is 2.85. The molecule has 0 aliphatic carbocycles. The number of sulfone groups is 1. The number of rotatable bonds is 3. The van der Waals surface area contributed by atoms with Crippen LogP contribution in [0.4, 0.5) is 0 Å². The van der Waals surface area contributed by atoms with E-state index in [2.05, 4.69) is 0 Å². The van der Waals surface area contributed by atoms with Crippen molar-refractivity contribution in [1.82, 2.24) is 0 Å². The minimum absolute atomic E-state index is 0.351. The third kappa shape index (κ3) is 1.88. The van der Waals surface area contributed by atoms with Gasteiger partial charge in [0, 0.05) is 9.93 Å². The van der Waals surface area contributed by atoms with Crippen LogP contribution in [0.1, 0.15) is 18.4 Å². The smallest absolute Gasteiger partial charge is 0.203 e. The summed E-state index contributed by atoms with van der Waals surface area (Å²) in [7, 11) is -3.29. The molecule has 0 spiro atoms. The molecule has 0 amide bonds. The van der Waals surface area contributed by atoms with Crippen LogP contribution in [0.5, 0.6) is 0 Å². The van der Waals surface area contributed by atoms with Crippen molar-refractivity contribution in [3.05, 3.63) is 33.7 Å². The fourth-order valence-electron chi connectivity index (χ4n) is 1.75. The van der Waals surface area contributed by atoms with Crippen LogP contribution in [-0.4, -0.2) is 15.0 Å². The molecule has 1 aliphatic rings. The van der Waals surface area contributed by atoms with Gasteiger partial charge in [-0.1, -0.05) is 11.6 Å². The van der Waals surface area contributed by atoms with Crippen molar-refractivity contribution in [1.29, 1.82) is 0 Å². The first kappa shape index (κ1) is 11.6. The lowest BCUT2D eigenvalue weighted by Gasteiger charge is -2.02. The highest BCUT2D eigenvalue weighted by atomic mass is 35.5. The highest BCUT2D eigenvalue weighted by Gasteiger charge is 2.28. The number of halogens is 1. The monoisotopic (exact) mass is 257 g/mol. The van der Waals surface area contributed by atoms with E-state index in [1.165, 1.54) is 0 Å². The van der Waals surface area contributed by atoms with Crippen LogP contribution < -0.4 is 5.73 Å². The van der Waals surface area contributed by atoms with Crippen LogP contribution >= 0.6 is 11.6 Å². The Morgan fingerprint density at radius 2 is 2.06 bits per heavy atom. The summed E-state index contributed by atoms with van der Waals surface area (Å²) in [5.74, 6) is 0. The van der Waals surface area contributed by atoms with Gasteiger partial charge in [-0.05, 0) is 49.2 Å². The number of nitrogens with two attached hydrogens (primary N) is 1. The Kier molecular flexibility index (Phi) is 3.06. The lowest BCUT2D eigenvalue weighted by molar-refractivity contribution is 0.601. The van der Waals surface area contributed by atoms with Crippen molar-refractivity contribution in [3.63, 3.8) is 0 Å². The first-order chi connectivity index (χ1) is 7.55. The van der Waals surface area contributed by atoms with Gasteiger partial charge in [0.05, 0.1) is 4.90 Å². The van der Waals surface area contributed by atoms with Crippen molar-refractivity contribution in [2.24, 2.45) is 5.73 Å². The van der Waals surface area contributed by atoms with Crippen LogP contribution in [-0.2, 0) is 9.84 Å². The van der Waals surface area contributed by atoms with Crippen LogP contribution in [0.15, 0.2) is 28.0 Å². The molecule has 86 valence electrons. The molecule has 3 nitrogen and oxygen atoms in total. The van der Waals surface area contributed by atoms with Crippen molar-refractivity contribution < 1.29 is 8.42 Å². The Labute approximate surface area is 99.8 Å². The van der Waals surface area contributed by atoms with Gasteiger partial charge in [-0.25, -0.2) is 8.42 Å². The maximum Gasteiger partial charge on any atom is 0.203 e. The standard InChI is InChI=1S/C11H12ClNO2S/c12-9-3-4-11-8(6-9)7-10(2-1-5-13)16(11,14)15/h3-4,6-7H,1-2,5,13H2. The average Bonchev–Trinajstić information content (AvgIpc) is 2.47. The molecule has 0 saturated carbocycles. The van der Waals surface area contributed by atoms with E-state index in [0.717, 1.165) is 0 Å². The number of hydrogen-bond acceptors (Lipinski definition) is 3. The van der Waals surface area contributed by atoms with Gasteiger partial charge in [0.2, 0.25) is 9.84 Å². The minimum atomic E-state index is -3.29. The van der Waals surface area contributed by atoms with Crippen LogP contribution in [0.2, 0.25) is 5.02 Å². The van der Waals surface area contributed by atoms with Gasteiger partial charge in [-0.3, -0.25) is 0 Å². The number of benzene rings is 1. The molecule has 16 heavy (non-hydrogen) atoms. The molecule has 0 aromatic heterocycles. The summed E-state index contributed by atoms with van der Waals surface area (Å²) in [5, 5.41) is 0.547. The second-order valence-electron chi connectivity index (χ2n) is 3.69. The minimum Gasteiger partial charge on any atom is -0.330 e. The average molecular weight is 258 g/mol. The summed E-state index contributed by atoms with van der Waals surface area (Å²) in [6.45, 7) is 0.490. The lowest BCUT2D eigenvalue weighted by Crippen LogP contribution is -2.04. The topological polar surface area (TPSA) is 60.2 Å². The van der Waals surface area contributed by atoms with Gasteiger partial charge >= 0.3 is 0 Å². The van der Waals surface area contributed by atoms with E-state index in [1.807, 2.05) is 0 Å². The van der Waals surface area contributed by atoms with E-state index in [9.17, 15) is 8.42 Å². The van der Waals surface area contributed by atoms with Crippen molar-refractivity contribution in [2.75, 3.05) is 6.54 Å². The third-order valence-corrected chi connectivity index (χ3v) is 4.75. The second kappa shape index (κ2) is 4.20. The van der Waals surface area contributed by atoms with E-state index in [0.29, 0.717) is 39.8 Å². The molecule has 0 bridgehead atoms. The van der Waals surface area contributed by atoms with Gasteiger partial charge < -0.3 is 5.73 Å². The molecule has 2 rings (SSSR count). The Balaban J connectivity index is 2.44. The normalized spacial score (nSPS) is 17.0. The summed E-state index contributed by atoms with van der Waals surface area (Å²) < 4.78 is 24.1. The molecule has 0 saturated heterocycles. The van der Waals surface area contributed by atoms with E-state index in [-0.39, 0.29) is 0 Å². The fraction of sp³-hybridized carbons (Fsp3) is 0.273. The van der Waals surface area contributed by atoms with Gasteiger partial charge in [-0.15, -0.1) is 0 Å². The summed E-state index contributed by atoms with van der Waals surface area (Å²) in [4.78, 5) is 0.791. The summed E-state index contributed by atoms with van der Waals surface area (Å²) >= 11 is 5.82. The lowest BCUT2D eigenvalue weighted by atomic mass is 10.2. The molecule has 0 atom stereocenters. The molecule has 1 aromatic rings. The zero-order valence-electron chi connectivity index (χ0n) is 8.61. The maximum absolute atomic E-state index is 12.0. The fourth-order valence-corrected chi connectivity index (χ4v) is 3.59. The van der Waals surface area contributed by atoms with Crippen LogP contribution in [0.25, 0.3) is 6.08 Å². The summed E-state index contributed by atoms with van der Waals surface area (Å²) in [6, 6.07) is 4.82. The number of fused-ring (bicyclic) bond motifs is 1. The molecule has 2 N–H and O–H groups in total. The molecule has 5 heteroatoms. The zero-order chi connectivity index (χ0) is 11.8. The van der Waals surface area contributed by atoms with E-state index in [1.54, 1.807) is 24.3 Å². The van der Waals surface area contributed by atoms with E-state index < -0.39 is 9.84 Å². The maximum atomic E-state index is 12.0. The summed E-state index contributed by atoms with van der Waals surface area (Å²) in [5.41, 5.74) is 6.06. The largest absolute Gasteiger partial charge is 0.330 e. The van der Waals surface area contributed by atoms with Gasteiger partial charge in [0.15, 0.2) is 0 Å². The highest BCUT2D eigenvalue weighted by molar-refractivity contribution is 7.95. The molecule has 1 aliphatic heterocycles. The predicted octanol–water partition coefficient (Wildman–Crippen LogP) is 2.21. The highest BCUT2D eigenvalue weighted by Crippen LogP contribution is 2.36. The van der Waals surface area contributed by atoms with Gasteiger partial charge in [0.25, 0.3) is 0 Å². The molecule has 0 radical (unpaired) electrons. The van der Waals surface area contributed by atoms with Crippen LogP contribution in [0.3, 0.4) is 0 Å². The Bertz CT molecular complexity index is 549. The molecular weight excluding hydrogens is 246 g/mol. The number of hydrogen-bond donors (Lipinski definition) is 1. The van der Waals surface area contributed by atoms with E-state index in [4.69, 9.17) is 17.3 Å². The first-order valence-electron chi connectivity index (χ1n) is 5.01. The first-order valence-corrected chi connectivity index (χ1v) is 6.87. The zero-order valence-corrected chi connectivity index (χ0v) is 10.2. The van der Waals surface area contributed by atoms with Gasteiger partial charge in [-0.2, -0.15) is 0 Å². The van der Waals surface area contributed by atoms with Crippen molar-refractivity contribution in [2.45, 2.75) is 17.7 Å². The predicted molar refractivity (Wildman–Crippen MR) is 64.9 cm³/mol. The molecule has 1 heterocycles. The Morgan fingerprint density at radius 3 is 2.75 bits per heavy atom. The van der Waals surface area contributed by atoms with Crippen LogP contribution in [0, 0.1) is 0 Å². The van der Waals surface area contributed by atoms with Crippen molar-refractivity contribution >= 4 is 27.5 Å². The molecule has 1 aromatic carbocycles. The Morgan fingerprint density at radius 1 is 1.31 bits per heavy atom. The Hall–Kier alpha value is -0.840.